The van der Waals surface area contributed by atoms with E-state index in [9.17, 15) is 9.90 Å². The Kier molecular flexibility index (Phi) is 4.30. The number of rotatable bonds is 5. The van der Waals surface area contributed by atoms with E-state index in [1.165, 1.54) is 6.07 Å². The fourth-order valence-electron chi connectivity index (χ4n) is 1.75. The molecule has 2 rings (SSSR count). The fourth-order valence-corrected chi connectivity index (χ4v) is 1.75. The number of hydrogen-bond acceptors (Lipinski definition) is 4. The molecule has 0 fully saturated rings. The van der Waals surface area contributed by atoms with E-state index in [1.54, 1.807) is 24.3 Å². The number of H-pyrrole nitrogens is 1. The van der Waals surface area contributed by atoms with Crippen LogP contribution >= 0.6 is 0 Å². The van der Waals surface area contributed by atoms with Crippen molar-refractivity contribution in [2.75, 3.05) is 6.54 Å². The predicted octanol–water partition coefficient (Wildman–Crippen LogP) is 1.64. The summed E-state index contributed by atoms with van der Waals surface area (Å²) in [6.45, 7) is 3.55. The van der Waals surface area contributed by atoms with Crippen LogP contribution in [0.4, 0.5) is 0 Å². The summed E-state index contributed by atoms with van der Waals surface area (Å²) in [5.41, 5.74) is 1.30. The van der Waals surface area contributed by atoms with Gasteiger partial charge in [0.25, 0.3) is 5.56 Å². The van der Waals surface area contributed by atoms with Crippen molar-refractivity contribution in [1.29, 1.82) is 0 Å². The van der Waals surface area contributed by atoms with Crippen LogP contribution in [0.3, 0.4) is 0 Å². The second kappa shape index (κ2) is 6.15. The van der Waals surface area contributed by atoms with Crippen LogP contribution in [0.2, 0.25) is 0 Å². The Bertz CT molecular complexity index is 590. The molecule has 0 unspecified atom stereocenters. The van der Waals surface area contributed by atoms with Crippen molar-refractivity contribution in [2.45, 2.75) is 19.9 Å². The lowest BCUT2D eigenvalue weighted by Gasteiger charge is -2.05. The van der Waals surface area contributed by atoms with Crippen molar-refractivity contribution >= 4 is 0 Å². The predicted molar refractivity (Wildman–Crippen MR) is 74.0 cm³/mol. The monoisotopic (exact) mass is 259 g/mol. The molecular formula is C14H17N3O2. The Morgan fingerprint density at radius 3 is 2.74 bits per heavy atom. The first-order valence-corrected chi connectivity index (χ1v) is 6.29. The number of aromatic hydroxyl groups is 1. The topological polar surface area (TPSA) is 78.0 Å². The van der Waals surface area contributed by atoms with E-state index in [4.69, 9.17) is 0 Å². The van der Waals surface area contributed by atoms with Crippen LogP contribution in [0.5, 0.6) is 5.75 Å². The lowest BCUT2D eigenvalue weighted by Crippen LogP contribution is -2.18. The third-order valence-corrected chi connectivity index (χ3v) is 2.67. The summed E-state index contributed by atoms with van der Waals surface area (Å²) < 4.78 is 0. The number of nitrogens with one attached hydrogen (secondary N) is 2. The highest BCUT2D eigenvalue weighted by Crippen LogP contribution is 2.17. The summed E-state index contributed by atoms with van der Waals surface area (Å²) in [4.78, 5) is 18.7. The lowest BCUT2D eigenvalue weighted by molar-refractivity contribution is 0.475. The van der Waals surface area contributed by atoms with Gasteiger partial charge in [-0.25, -0.2) is 4.98 Å². The Balaban J connectivity index is 2.25. The third-order valence-electron chi connectivity index (χ3n) is 2.67. The SMILES string of the molecule is CCCNCc1cc(=O)[nH]c(-c2ccc(O)cc2)n1. The molecule has 0 amide bonds. The Hall–Kier alpha value is -2.14. The average Bonchev–Trinajstić information content (AvgIpc) is 2.39. The number of phenols is 1. The Morgan fingerprint density at radius 1 is 1.32 bits per heavy atom. The summed E-state index contributed by atoms with van der Waals surface area (Å²) in [5, 5.41) is 12.5. The molecule has 0 spiro atoms. The standard InChI is InChI=1S/C14H17N3O2/c1-2-7-15-9-11-8-13(19)17-14(16-11)10-3-5-12(18)6-4-10/h3-6,8,15,18H,2,7,9H2,1H3,(H,16,17,19). The number of aromatic nitrogens is 2. The van der Waals surface area contributed by atoms with Crippen LogP contribution < -0.4 is 10.9 Å². The van der Waals surface area contributed by atoms with Crippen molar-refractivity contribution < 1.29 is 5.11 Å². The molecule has 3 N–H and O–H groups in total. The minimum absolute atomic E-state index is 0.175. The van der Waals surface area contributed by atoms with E-state index >= 15 is 0 Å². The molecule has 0 saturated carbocycles. The highest BCUT2D eigenvalue weighted by molar-refractivity contribution is 5.55. The highest BCUT2D eigenvalue weighted by Gasteiger charge is 2.04. The molecule has 0 radical (unpaired) electrons. The maximum Gasteiger partial charge on any atom is 0.251 e. The molecule has 19 heavy (non-hydrogen) atoms. The second-order valence-corrected chi connectivity index (χ2v) is 4.31. The van der Waals surface area contributed by atoms with Crippen LogP contribution in [0.1, 0.15) is 19.0 Å². The zero-order valence-electron chi connectivity index (χ0n) is 10.8. The summed E-state index contributed by atoms with van der Waals surface area (Å²) >= 11 is 0. The van der Waals surface area contributed by atoms with Crippen LogP contribution in [0.15, 0.2) is 35.1 Å². The molecular weight excluding hydrogens is 242 g/mol. The lowest BCUT2D eigenvalue weighted by atomic mass is 10.2. The molecule has 0 aliphatic rings. The molecule has 100 valence electrons. The first kappa shape index (κ1) is 13.3. The van der Waals surface area contributed by atoms with Crippen LogP contribution in [-0.4, -0.2) is 21.6 Å². The number of hydrogen-bond donors (Lipinski definition) is 3. The van der Waals surface area contributed by atoms with Crippen molar-refractivity contribution in [3.63, 3.8) is 0 Å². The van der Waals surface area contributed by atoms with Gasteiger partial charge in [0.15, 0.2) is 0 Å². The quantitative estimate of drug-likeness (QED) is 0.713. The molecule has 1 aromatic carbocycles. The maximum absolute atomic E-state index is 11.6. The molecule has 0 bridgehead atoms. The highest BCUT2D eigenvalue weighted by atomic mass is 16.3. The molecule has 5 heteroatoms. The van der Waals surface area contributed by atoms with Crippen molar-refractivity contribution in [3.05, 3.63) is 46.4 Å². The van der Waals surface area contributed by atoms with Gasteiger partial charge in [-0.05, 0) is 37.2 Å². The van der Waals surface area contributed by atoms with E-state index in [1.807, 2.05) is 0 Å². The molecule has 1 aromatic heterocycles. The zero-order valence-corrected chi connectivity index (χ0v) is 10.8. The first-order chi connectivity index (χ1) is 9.19. The third kappa shape index (κ3) is 3.66. The molecule has 0 atom stereocenters. The van der Waals surface area contributed by atoms with E-state index < -0.39 is 0 Å². The van der Waals surface area contributed by atoms with Crippen LogP contribution in [0, 0.1) is 0 Å². The largest absolute Gasteiger partial charge is 0.508 e. The second-order valence-electron chi connectivity index (χ2n) is 4.31. The molecule has 0 aliphatic heterocycles. The van der Waals surface area contributed by atoms with Gasteiger partial charge in [0.05, 0.1) is 5.69 Å². The number of phenolic OH excluding ortho intramolecular Hbond substituents is 1. The molecule has 0 aliphatic carbocycles. The van der Waals surface area contributed by atoms with Crippen molar-refractivity contribution in [1.82, 2.24) is 15.3 Å². The smallest absolute Gasteiger partial charge is 0.251 e. The summed E-state index contributed by atoms with van der Waals surface area (Å²) in [6.07, 6.45) is 1.04. The number of aromatic amines is 1. The summed E-state index contributed by atoms with van der Waals surface area (Å²) in [6, 6.07) is 8.06. The Morgan fingerprint density at radius 2 is 2.05 bits per heavy atom. The number of benzene rings is 1. The van der Waals surface area contributed by atoms with E-state index in [-0.39, 0.29) is 11.3 Å². The van der Waals surface area contributed by atoms with Gasteiger partial charge in [-0.15, -0.1) is 0 Å². The van der Waals surface area contributed by atoms with Gasteiger partial charge in [-0.1, -0.05) is 6.92 Å². The van der Waals surface area contributed by atoms with E-state index in [2.05, 4.69) is 22.2 Å². The normalized spacial score (nSPS) is 10.6. The van der Waals surface area contributed by atoms with Crippen LogP contribution in [0.25, 0.3) is 11.4 Å². The molecule has 0 saturated heterocycles. The molecule has 1 heterocycles. The maximum atomic E-state index is 11.6. The summed E-state index contributed by atoms with van der Waals surface area (Å²) in [5.74, 6) is 0.702. The van der Waals surface area contributed by atoms with Gasteiger partial charge in [-0.3, -0.25) is 4.79 Å². The minimum Gasteiger partial charge on any atom is -0.508 e. The van der Waals surface area contributed by atoms with E-state index in [0.29, 0.717) is 18.1 Å². The summed E-state index contributed by atoms with van der Waals surface area (Å²) in [7, 11) is 0. The van der Waals surface area contributed by atoms with E-state index in [0.717, 1.165) is 18.5 Å². The van der Waals surface area contributed by atoms with Crippen molar-refractivity contribution in [2.24, 2.45) is 0 Å². The van der Waals surface area contributed by atoms with Crippen molar-refractivity contribution in [3.8, 4) is 17.1 Å². The fraction of sp³-hybridized carbons (Fsp3) is 0.286. The molecule has 2 aromatic rings. The van der Waals surface area contributed by atoms with Gasteiger partial charge in [0, 0.05) is 18.2 Å². The van der Waals surface area contributed by atoms with Gasteiger partial charge >= 0.3 is 0 Å². The first-order valence-electron chi connectivity index (χ1n) is 6.29. The average molecular weight is 259 g/mol. The molecule has 5 nitrogen and oxygen atoms in total. The minimum atomic E-state index is -0.175. The van der Waals surface area contributed by atoms with Gasteiger partial charge in [-0.2, -0.15) is 0 Å². The van der Waals surface area contributed by atoms with Crippen LogP contribution in [-0.2, 0) is 6.54 Å². The van der Waals surface area contributed by atoms with Gasteiger partial charge < -0.3 is 15.4 Å². The van der Waals surface area contributed by atoms with Gasteiger partial charge in [0.2, 0.25) is 0 Å². The Labute approximate surface area is 111 Å². The van der Waals surface area contributed by atoms with Gasteiger partial charge in [0.1, 0.15) is 11.6 Å². The zero-order chi connectivity index (χ0) is 13.7. The number of nitrogens with zero attached hydrogens (tertiary/aromatic N) is 1.